The lowest BCUT2D eigenvalue weighted by atomic mass is 10.1. The van der Waals surface area contributed by atoms with Crippen LogP contribution in [0.5, 0.6) is 0 Å². The standard InChI is InChI=1S/C22H25ClN4OS/c1-15-13-16(2)20-19(14-15)29-22(25-20)27-11-9-26(10-12-27)8-7-24-21(28)17-3-5-18(23)6-4-17/h3-6,13-14H,7-12H2,1-2H3,(H,24,28). The first-order valence-electron chi connectivity index (χ1n) is 9.88. The summed E-state index contributed by atoms with van der Waals surface area (Å²) in [5.41, 5.74) is 4.30. The predicted octanol–water partition coefficient (Wildman–Crippen LogP) is 4.12. The summed E-state index contributed by atoms with van der Waals surface area (Å²) in [4.78, 5) is 21.8. The molecular formula is C22H25ClN4OS. The Labute approximate surface area is 180 Å². The third-order valence-electron chi connectivity index (χ3n) is 5.28. The maximum atomic E-state index is 12.2. The molecule has 0 bridgehead atoms. The lowest BCUT2D eigenvalue weighted by molar-refractivity contribution is 0.0948. The van der Waals surface area contributed by atoms with Gasteiger partial charge in [-0.05, 0) is 55.3 Å². The second-order valence-electron chi connectivity index (χ2n) is 7.52. The van der Waals surface area contributed by atoms with E-state index in [-0.39, 0.29) is 5.91 Å². The van der Waals surface area contributed by atoms with E-state index >= 15 is 0 Å². The zero-order valence-corrected chi connectivity index (χ0v) is 18.3. The van der Waals surface area contributed by atoms with Gasteiger partial charge in [-0.3, -0.25) is 9.69 Å². The van der Waals surface area contributed by atoms with Gasteiger partial charge in [-0.15, -0.1) is 0 Å². The van der Waals surface area contributed by atoms with Gasteiger partial charge in [-0.2, -0.15) is 0 Å². The topological polar surface area (TPSA) is 48.5 Å². The van der Waals surface area contributed by atoms with Crippen LogP contribution < -0.4 is 10.2 Å². The Bertz CT molecular complexity index is 1010. The highest BCUT2D eigenvalue weighted by atomic mass is 35.5. The van der Waals surface area contributed by atoms with E-state index in [4.69, 9.17) is 16.6 Å². The molecule has 1 amide bonds. The molecule has 2 aromatic carbocycles. The lowest BCUT2D eigenvalue weighted by Gasteiger charge is -2.34. The quantitative estimate of drug-likeness (QED) is 0.664. The molecule has 1 fully saturated rings. The van der Waals surface area contributed by atoms with Gasteiger partial charge in [0, 0.05) is 49.9 Å². The molecule has 0 radical (unpaired) electrons. The number of halogens is 1. The van der Waals surface area contributed by atoms with Gasteiger partial charge < -0.3 is 10.2 Å². The van der Waals surface area contributed by atoms with E-state index in [0.29, 0.717) is 17.1 Å². The minimum atomic E-state index is -0.0551. The van der Waals surface area contributed by atoms with Gasteiger partial charge in [-0.25, -0.2) is 4.98 Å². The minimum Gasteiger partial charge on any atom is -0.351 e. The summed E-state index contributed by atoms with van der Waals surface area (Å²) in [7, 11) is 0. The monoisotopic (exact) mass is 428 g/mol. The average Bonchev–Trinajstić information content (AvgIpc) is 3.13. The molecule has 1 N–H and O–H groups in total. The number of nitrogens with one attached hydrogen (secondary N) is 1. The Morgan fingerprint density at radius 1 is 1.14 bits per heavy atom. The van der Waals surface area contributed by atoms with Crippen LogP contribution in [0.15, 0.2) is 36.4 Å². The summed E-state index contributed by atoms with van der Waals surface area (Å²) >= 11 is 7.65. The summed E-state index contributed by atoms with van der Waals surface area (Å²) < 4.78 is 1.27. The molecule has 0 unspecified atom stereocenters. The van der Waals surface area contributed by atoms with Crippen molar-refractivity contribution in [1.82, 2.24) is 15.2 Å². The number of anilines is 1. The smallest absolute Gasteiger partial charge is 0.251 e. The molecule has 1 saturated heterocycles. The summed E-state index contributed by atoms with van der Waals surface area (Å²) in [5.74, 6) is -0.0551. The lowest BCUT2D eigenvalue weighted by Crippen LogP contribution is -2.48. The number of carbonyl (C=O) groups excluding carboxylic acids is 1. The first kappa shape index (κ1) is 20.1. The number of fused-ring (bicyclic) bond motifs is 1. The Kier molecular flexibility index (Phi) is 6.04. The zero-order chi connectivity index (χ0) is 20.4. The second-order valence-corrected chi connectivity index (χ2v) is 8.96. The Morgan fingerprint density at radius 3 is 2.59 bits per heavy atom. The van der Waals surface area contributed by atoms with Gasteiger partial charge in [0.05, 0.1) is 10.2 Å². The van der Waals surface area contributed by atoms with E-state index in [2.05, 4.69) is 41.1 Å². The van der Waals surface area contributed by atoms with Crippen LogP contribution >= 0.6 is 22.9 Å². The molecule has 152 valence electrons. The summed E-state index contributed by atoms with van der Waals surface area (Å²) in [5, 5.41) is 4.74. The van der Waals surface area contributed by atoms with Crippen molar-refractivity contribution in [3.63, 3.8) is 0 Å². The van der Waals surface area contributed by atoms with Crippen molar-refractivity contribution in [2.24, 2.45) is 0 Å². The van der Waals surface area contributed by atoms with Crippen molar-refractivity contribution >= 4 is 44.2 Å². The fourth-order valence-corrected chi connectivity index (χ4v) is 5.01. The number of amides is 1. The zero-order valence-electron chi connectivity index (χ0n) is 16.7. The van der Waals surface area contributed by atoms with Crippen molar-refractivity contribution in [3.8, 4) is 0 Å². The van der Waals surface area contributed by atoms with Gasteiger partial charge in [0.25, 0.3) is 5.91 Å². The van der Waals surface area contributed by atoms with Gasteiger partial charge in [0.2, 0.25) is 0 Å². The molecule has 1 aliphatic rings. The van der Waals surface area contributed by atoms with Crippen LogP contribution in [0.4, 0.5) is 5.13 Å². The van der Waals surface area contributed by atoms with E-state index in [1.807, 2.05) is 0 Å². The molecule has 5 nitrogen and oxygen atoms in total. The first-order chi connectivity index (χ1) is 14.0. The average molecular weight is 429 g/mol. The molecule has 29 heavy (non-hydrogen) atoms. The van der Waals surface area contributed by atoms with Crippen LogP contribution in [0.2, 0.25) is 5.02 Å². The van der Waals surface area contributed by atoms with Gasteiger partial charge in [0.15, 0.2) is 5.13 Å². The first-order valence-corrected chi connectivity index (χ1v) is 11.1. The van der Waals surface area contributed by atoms with E-state index in [1.165, 1.54) is 15.8 Å². The SMILES string of the molecule is Cc1cc(C)c2nc(N3CCN(CCNC(=O)c4ccc(Cl)cc4)CC3)sc2c1. The van der Waals surface area contributed by atoms with Crippen LogP contribution in [-0.2, 0) is 0 Å². The molecule has 0 aliphatic carbocycles. The van der Waals surface area contributed by atoms with Gasteiger partial charge in [-0.1, -0.05) is 29.0 Å². The molecule has 0 spiro atoms. The highest BCUT2D eigenvalue weighted by Gasteiger charge is 2.20. The molecule has 1 aromatic heterocycles. The van der Waals surface area contributed by atoms with Crippen molar-refractivity contribution in [2.45, 2.75) is 13.8 Å². The third-order valence-corrected chi connectivity index (χ3v) is 6.60. The number of benzene rings is 2. The Balaban J connectivity index is 1.27. The van der Waals surface area contributed by atoms with Gasteiger partial charge in [0.1, 0.15) is 0 Å². The maximum absolute atomic E-state index is 12.2. The largest absolute Gasteiger partial charge is 0.351 e. The summed E-state index contributed by atoms with van der Waals surface area (Å²) in [6.45, 7) is 9.64. The number of thiazole rings is 1. The number of aryl methyl sites for hydroxylation is 2. The van der Waals surface area contributed by atoms with Crippen LogP contribution in [0.25, 0.3) is 10.2 Å². The van der Waals surface area contributed by atoms with E-state index in [0.717, 1.165) is 43.4 Å². The van der Waals surface area contributed by atoms with Crippen LogP contribution in [0.3, 0.4) is 0 Å². The number of carbonyl (C=O) groups is 1. The van der Waals surface area contributed by atoms with Crippen molar-refractivity contribution < 1.29 is 4.79 Å². The Hall–Kier alpha value is -2.15. The maximum Gasteiger partial charge on any atom is 0.251 e. The molecule has 0 saturated carbocycles. The van der Waals surface area contributed by atoms with E-state index < -0.39 is 0 Å². The summed E-state index contributed by atoms with van der Waals surface area (Å²) in [6, 6.07) is 11.4. The fourth-order valence-electron chi connectivity index (χ4n) is 3.69. The molecular weight excluding hydrogens is 404 g/mol. The highest BCUT2D eigenvalue weighted by molar-refractivity contribution is 7.22. The molecule has 0 atom stereocenters. The number of rotatable bonds is 5. The number of piperazine rings is 1. The molecule has 4 rings (SSSR count). The molecule has 3 aromatic rings. The van der Waals surface area contributed by atoms with Crippen LogP contribution in [0, 0.1) is 13.8 Å². The van der Waals surface area contributed by atoms with Crippen molar-refractivity contribution in [2.75, 3.05) is 44.2 Å². The minimum absolute atomic E-state index is 0.0551. The number of hydrogen-bond donors (Lipinski definition) is 1. The highest BCUT2D eigenvalue weighted by Crippen LogP contribution is 2.32. The number of aromatic nitrogens is 1. The fraction of sp³-hybridized carbons (Fsp3) is 0.364. The van der Waals surface area contributed by atoms with Crippen LogP contribution in [0.1, 0.15) is 21.5 Å². The summed E-state index contributed by atoms with van der Waals surface area (Å²) in [6.07, 6.45) is 0. The molecule has 2 heterocycles. The number of hydrogen-bond acceptors (Lipinski definition) is 5. The predicted molar refractivity (Wildman–Crippen MR) is 122 cm³/mol. The normalized spacial score (nSPS) is 15.1. The third kappa shape index (κ3) is 4.71. The molecule has 1 aliphatic heterocycles. The van der Waals surface area contributed by atoms with E-state index in [1.54, 1.807) is 35.6 Å². The van der Waals surface area contributed by atoms with Crippen molar-refractivity contribution in [3.05, 3.63) is 58.1 Å². The molecule has 7 heteroatoms. The van der Waals surface area contributed by atoms with E-state index in [9.17, 15) is 4.79 Å². The number of nitrogens with zero attached hydrogens (tertiary/aromatic N) is 3. The Morgan fingerprint density at radius 2 is 1.86 bits per heavy atom. The van der Waals surface area contributed by atoms with Crippen LogP contribution in [-0.4, -0.2) is 55.1 Å². The van der Waals surface area contributed by atoms with Crippen molar-refractivity contribution in [1.29, 1.82) is 0 Å². The second kappa shape index (κ2) is 8.69. The van der Waals surface area contributed by atoms with Gasteiger partial charge >= 0.3 is 0 Å².